The van der Waals surface area contributed by atoms with Crippen molar-refractivity contribution < 1.29 is 0 Å². The van der Waals surface area contributed by atoms with E-state index >= 15 is 0 Å². The van der Waals surface area contributed by atoms with E-state index in [1.165, 1.54) is 12.0 Å². The van der Waals surface area contributed by atoms with E-state index in [0.29, 0.717) is 5.92 Å². The van der Waals surface area contributed by atoms with Gasteiger partial charge in [-0.3, -0.25) is 0 Å². The number of hydrogen-bond donors (Lipinski definition) is 0. The molecule has 0 bridgehead atoms. The van der Waals surface area contributed by atoms with Gasteiger partial charge in [0.25, 0.3) is 0 Å². The SMILES string of the molecule is CC(CCCl)CCN(C)Cc1cccc(Cl)c1. The normalized spacial score (nSPS) is 13.0. The van der Waals surface area contributed by atoms with Gasteiger partial charge in [0.1, 0.15) is 0 Å². The Bertz CT molecular complexity index is 328. The zero-order chi connectivity index (χ0) is 12.7. The van der Waals surface area contributed by atoms with Crippen LogP contribution in [0.3, 0.4) is 0 Å². The van der Waals surface area contributed by atoms with Crippen molar-refractivity contribution in [3.05, 3.63) is 34.9 Å². The topological polar surface area (TPSA) is 3.24 Å². The Morgan fingerprint density at radius 1 is 1.29 bits per heavy atom. The molecule has 0 fully saturated rings. The van der Waals surface area contributed by atoms with Crippen molar-refractivity contribution in [3.63, 3.8) is 0 Å². The molecular weight excluding hydrogens is 253 g/mol. The fraction of sp³-hybridized carbons (Fsp3) is 0.571. The van der Waals surface area contributed by atoms with Gasteiger partial charge in [0, 0.05) is 17.4 Å². The van der Waals surface area contributed by atoms with E-state index in [0.717, 1.165) is 30.4 Å². The molecule has 0 heterocycles. The maximum absolute atomic E-state index is 5.96. The van der Waals surface area contributed by atoms with Crippen LogP contribution in [0.4, 0.5) is 0 Å². The summed E-state index contributed by atoms with van der Waals surface area (Å²) in [7, 11) is 2.15. The van der Waals surface area contributed by atoms with E-state index in [-0.39, 0.29) is 0 Å². The maximum Gasteiger partial charge on any atom is 0.0409 e. The Labute approximate surface area is 115 Å². The van der Waals surface area contributed by atoms with Gasteiger partial charge in [-0.1, -0.05) is 30.7 Å². The number of nitrogens with zero attached hydrogens (tertiary/aromatic N) is 1. The fourth-order valence-electron chi connectivity index (χ4n) is 1.80. The van der Waals surface area contributed by atoms with Crippen LogP contribution >= 0.6 is 23.2 Å². The van der Waals surface area contributed by atoms with Crippen molar-refractivity contribution in [1.82, 2.24) is 4.90 Å². The Balaban J connectivity index is 2.32. The zero-order valence-electron chi connectivity index (χ0n) is 10.6. The Kier molecular flexibility index (Phi) is 6.94. The standard InChI is InChI=1S/C14H21Cl2N/c1-12(6-8-15)7-9-17(2)11-13-4-3-5-14(16)10-13/h3-5,10,12H,6-9,11H2,1-2H3. The summed E-state index contributed by atoms with van der Waals surface area (Å²) in [4.78, 5) is 2.33. The third-order valence-electron chi connectivity index (χ3n) is 2.95. The van der Waals surface area contributed by atoms with Crippen LogP contribution in [0.1, 0.15) is 25.3 Å². The summed E-state index contributed by atoms with van der Waals surface area (Å²) in [6.07, 6.45) is 2.30. The number of alkyl halides is 1. The van der Waals surface area contributed by atoms with Crippen LogP contribution in [-0.4, -0.2) is 24.4 Å². The first kappa shape index (κ1) is 14.8. The van der Waals surface area contributed by atoms with Crippen LogP contribution in [0.5, 0.6) is 0 Å². The lowest BCUT2D eigenvalue weighted by molar-refractivity contribution is 0.296. The molecule has 0 N–H and O–H groups in total. The molecule has 0 aliphatic carbocycles. The number of rotatable bonds is 7. The lowest BCUT2D eigenvalue weighted by Gasteiger charge is -2.19. The second-order valence-electron chi connectivity index (χ2n) is 4.74. The molecule has 1 rings (SSSR count). The van der Waals surface area contributed by atoms with Crippen molar-refractivity contribution in [3.8, 4) is 0 Å². The van der Waals surface area contributed by atoms with Gasteiger partial charge in [0.05, 0.1) is 0 Å². The van der Waals surface area contributed by atoms with Crippen LogP contribution in [0.2, 0.25) is 5.02 Å². The van der Waals surface area contributed by atoms with E-state index in [9.17, 15) is 0 Å². The predicted molar refractivity (Wildman–Crippen MR) is 76.9 cm³/mol. The summed E-state index contributed by atoms with van der Waals surface area (Å²) in [5, 5.41) is 0.811. The van der Waals surface area contributed by atoms with Gasteiger partial charge in [-0.2, -0.15) is 0 Å². The van der Waals surface area contributed by atoms with Crippen molar-refractivity contribution in [2.24, 2.45) is 5.92 Å². The number of benzene rings is 1. The lowest BCUT2D eigenvalue weighted by atomic mass is 10.0. The third kappa shape index (κ3) is 6.30. The molecule has 0 aliphatic heterocycles. The summed E-state index contributed by atoms with van der Waals surface area (Å²) in [5.74, 6) is 1.47. The molecule has 0 saturated carbocycles. The molecule has 17 heavy (non-hydrogen) atoms. The molecule has 3 heteroatoms. The first-order chi connectivity index (χ1) is 8.11. The average Bonchev–Trinajstić information content (AvgIpc) is 2.27. The summed E-state index contributed by atoms with van der Waals surface area (Å²) in [5.41, 5.74) is 1.27. The van der Waals surface area contributed by atoms with Gasteiger partial charge in [-0.15, -0.1) is 11.6 Å². The summed E-state index contributed by atoms with van der Waals surface area (Å²) < 4.78 is 0. The fourth-order valence-corrected chi connectivity index (χ4v) is 2.38. The van der Waals surface area contributed by atoms with Crippen molar-refractivity contribution in [2.45, 2.75) is 26.3 Å². The Morgan fingerprint density at radius 2 is 2.06 bits per heavy atom. The van der Waals surface area contributed by atoms with Gasteiger partial charge in [-0.25, -0.2) is 0 Å². The highest BCUT2D eigenvalue weighted by molar-refractivity contribution is 6.30. The highest BCUT2D eigenvalue weighted by Crippen LogP contribution is 2.13. The second-order valence-corrected chi connectivity index (χ2v) is 5.55. The van der Waals surface area contributed by atoms with Gasteiger partial charge >= 0.3 is 0 Å². The molecule has 0 radical (unpaired) electrons. The Morgan fingerprint density at radius 3 is 2.71 bits per heavy atom. The summed E-state index contributed by atoms with van der Waals surface area (Å²) in [6, 6.07) is 8.06. The summed E-state index contributed by atoms with van der Waals surface area (Å²) in [6.45, 7) is 4.31. The van der Waals surface area contributed by atoms with Gasteiger partial charge in [0.15, 0.2) is 0 Å². The molecule has 96 valence electrons. The van der Waals surface area contributed by atoms with Gasteiger partial charge < -0.3 is 4.90 Å². The lowest BCUT2D eigenvalue weighted by Crippen LogP contribution is -2.20. The molecule has 1 unspecified atom stereocenters. The maximum atomic E-state index is 5.96. The van der Waals surface area contributed by atoms with Crippen LogP contribution in [0, 0.1) is 5.92 Å². The molecule has 0 saturated heterocycles. The monoisotopic (exact) mass is 273 g/mol. The second kappa shape index (κ2) is 7.97. The number of halogens is 2. The highest BCUT2D eigenvalue weighted by atomic mass is 35.5. The molecule has 0 spiro atoms. The molecule has 1 aromatic rings. The number of hydrogen-bond acceptors (Lipinski definition) is 1. The molecular formula is C14H21Cl2N. The van der Waals surface area contributed by atoms with E-state index in [1.807, 2.05) is 18.2 Å². The van der Waals surface area contributed by atoms with E-state index in [2.05, 4.69) is 24.9 Å². The first-order valence-corrected chi connectivity index (χ1v) is 7.02. The molecule has 0 amide bonds. The van der Waals surface area contributed by atoms with E-state index < -0.39 is 0 Å². The quantitative estimate of drug-likeness (QED) is 0.665. The first-order valence-electron chi connectivity index (χ1n) is 6.10. The smallest absolute Gasteiger partial charge is 0.0409 e. The molecule has 1 aromatic carbocycles. The van der Waals surface area contributed by atoms with Crippen molar-refractivity contribution in [1.29, 1.82) is 0 Å². The van der Waals surface area contributed by atoms with Crippen molar-refractivity contribution in [2.75, 3.05) is 19.5 Å². The van der Waals surface area contributed by atoms with E-state index in [4.69, 9.17) is 23.2 Å². The highest BCUT2D eigenvalue weighted by Gasteiger charge is 2.05. The zero-order valence-corrected chi connectivity index (χ0v) is 12.1. The van der Waals surface area contributed by atoms with Crippen LogP contribution in [0.15, 0.2) is 24.3 Å². The van der Waals surface area contributed by atoms with Gasteiger partial charge in [-0.05, 0) is 50.0 Å². The molecule has 1 atom stereocenters. The third-order valence-corrected chi connectivity index (χ3v) is 3.40. The van der Waals surface area contributed by atoms with Crippen LogP contribution in [-0.2, 0) is 6.54 Å². The minimum Gasteiger partial charge on any atom is -0.302 e. The van der Waals surface area contributed by atoms with Crippen LogP contribution in [0.25, 0.3) is 0 Å². The molecule has 1 nitrogen and oxygen atoms in total. The minimum absolute atomic E-state index is 0.703. The molecule has 0 aliphatic rings. The molecule has 0 aromatic heterocycles. The van der Waals surface area contributed by atoms with Crippen molar-refractivity contribution >= 4 is 23.2 Å². The largest absolute Gasteiger partial charge is 0.302 e. The summed E-state index contributed by atoms with van der Waals surface area (Å²) >= 11 is 11.7. The Hall–Kier alpha value is -0.240. The van der Waals surface area contributed by atoms with Crippen LogP contribution < -0.4 is 0 Å². The average molecular weight is 274 g/mol. The predicted octanol–water partition coefficient (Wildman–Crippen LogP) is 4.43. The minimum atomic E-state index is 0.703. The van der Waals surface area contributed by atoms with E-state index in [1.54, 1.807) is 0 Å². The van der Waals surface area contributed by atoms with Gasteiger partial charge in [0.2, 0.25) is 0 Å².